The van der Waals surface area contributed by atoms with Crippen molar-refractivity contribution in [3.8, 4) is 5.75 Å². The minimum Gasteiger partial charge on any atom is -0.494 e. The molecular weight excluding hydrogens is 323 g/mol. The molecular formula is C19H21FN2O3. The van der Waals surface area contributed by atoms with Crippen LogP contribution in [-0.2, 0) is 16.0 Å². The van der Waals surface area contributed by atoms with Crippen molar-refractivity contribution < 1.29 is 18.7 Å². The van der Waals surface area contributed by atoms with E-state index in [1.165, 1.54) is 6.07 Å². The minimum atomic E-state index is -0.410. The van der Waals surface area contributed by atoms with Crippen LogP contribution in [0.2, 0.25) is 0 Å². The van der Waals surface area contributed by atoms with Gasteiger partial charge in [0, 0.05) is 12.2 Å². The van der Waals surface area contributed by atoms with Crippen LogP contribution in [0.1, 0.15) is 18.9 Å². The lowest BCUT2D eigenvalue weighted by Gasteiger charge is -2.08. The summed E-state index contributed by atoms with van der Waals surface area (Å²) < 4.78 is 18.8. The molecule has 0 aromatic heterocycles. The highest BCUT2D eigenvalue weighted by Gasteiger charge is 2.10. The third-order valence-corrected chi connectivity index (χ3v) is 3.44. The largest absolute Gasteiger partial charge is 0.494 e. The fraction of sp³-hybridized carbons (Fsp3) is 0.263. The maximum Gasteiger partial charge on any atom is 0.233 e. The van der Waals surface area contributed by atoms with Crippen molar-refractivity contribution >= 4 is 17.5 Å². The first kappa shape index (κ1) is 18.4. The average molecular weight is 344 g/mol. The number of anilines is 1. The van der Waals surface area contributed by atoms with Gasteiger partial charge in [-0.15, -0.1) is 0 Å². The lowest BCUT2D eigenvalue weighted by molar-refractivity contribution is -0.126. The number of nitrogens with one attached hydrogen (secondary N) is 2. The highest BCUT2D eigenvalue weighted by atomic mass is 19.1. The fourth-order valence-electron chi connectivity index (χ4n) is 2.25. The highest BCUT2D eigenvalue weighted by molar-refractivity contribution is 6.03. The molecule has 2 aromatic carbocycles. The van der Waals surface area contributed by atoms with Crippen molar-refractivity contribution in [3.63, 3.8) is 0 Å². The standard InChI is InChI=1S/C19H21FN2O3/c1-2-25-16-9-7-15(8-10-16)22-19(24)13-18(23)21-12-11-14-5-3-4-6-17(14)20/h3-10H,2,11-13H2,1H3,(H,21,23)(H,22,24). The summed E-state index contributed by atoms with van der Waals surface area (Å²) >= 11 is 0. The SMILES string of the molecule is CCOc1ccc(NC(=O)CC(=O)NCCc2ccccc2F)cc1. The molecule has 2 rings (SSSR count). The Morgan fingerprint density at radius 3 is 2.44 bits per heavy atom. The van der Waals surface area contributed by atoms with E-state index in [0.29, 0.717) is 30.0 Å². The Morgan fingerprint density at radius 1 is 1.04 bits per heavy atom. The van der Waals surface area contributed by atoms with Gasteiger partial charge < -0.3 is 15.4 Å². The number of hydrogen-bond acceptors (Lipinski definition) is 3. The monoisotopic (exact) mass is 344 g/mol. The Kier molecular flexibility index (Phi) is 6.95. The predicted molar refractivity (Wildman–Crippen MR) is 94.0 cm³/mol. The Morgan fingerprint density at radius 2 is 1.76 bits per heavy atom. The molecule has 25 heavy (non-hydrogen) atoms. The number of benzene rings is 2. The molecule has 0 aliphatic heterocycles. The van der Waals surface area contributed by atoms with Crippen LogP contribution in [0.4, 0.5) is 10.1 Å². The number of halogens is 1. The summed E-state index contributed by atoms with van der Waals surface area (Å²) in [5.74, 6) is -0.399. The average Bonchev–Trinajstić information content (AvgIpc) is 2.58. The Hall–Kier alpha value is -2.89. The molecule has 2 N–H and O–H groups in total. The number of carbonyl (C=O) groups excluding carboxylic acids is 2. The summed E-state index contributed by atoms with van der Waals surface area (Å²) in [4.78, 5) is 23.6. The Labute approximate surface area is 146 Å². The van der Waals surface area contributed by atoms with Crippen LogP contribution in [0.25, 0.3) is 0 Å². The van der Waals surface area contributed by atoms with Gasteiger partial charge in [-0.05, 0) is 49.2 Å². The molecule has 0 heterocycles. The summed E-state index contributed by atoms with van der Waals surface area (Å²) in [7, 11) is 0. The van der Waals surface area contributed by atoms with Crippen molar-refractivity contribution in [2.75, 3.05) is 18.5 Å². The van der Waals surface area contributed by atoms with Crippen LogP contribution in [0.3, 0.4) is 0 Å². The molecule has 0 spiro atoms. The van der Waals surface area contributed by atoms with Crippen LogP contribution >= 0.6 is 0 Å². The van der Waals surface area contributed by atoms with Crippen molar-refractivity contribution in [2.45, 2.75) is 19.8 Å². The zero-order chi connectivity index (χ0) is 18.1. The Balaban J connectivity index is 1.72. The van der Waals surface area contributed by atoms with Gasteiger partial charge in [0.15, 0.2) is 0 Å². The van der Waals surface area contributed by atoms with Gasteiger partial charge in [-0.2, -0.15) is 0 Å². The molecule has 0 atom stereocenters. The smallest absolute Gasteiger partial charge is 0.233 e. The number of rotatable bonds is 8. The van der Waals surface area contributed by atoms with Crippen molar-refractivity contribution in [1.29, 1.82) is 0 Å². The quantitative estimate of drug-likeness (QED) is 0.724. The molecule has 2 amide bonds. The topological polar surface area (TPSA) is 67.4 Å². The van der Waals surface area contributed by atoms with E-state index in [2.05, 4.69) is 10.6 Å². The zero-order valence-corrected chi connectivity index (χ0v) is 14.0. The molecule has 0 aliphatic rings. The van der Waals surface area contributed by atoms with Crippen LogP contribution in [0.15, 0.2) is 48.5 Å². The molecule has 0 radical (unpaired) electrons. The maximum atomic E-state index is 13.5. The normalized spacial score (nSPS) is 10.2. The van der Waals surface area contributed by atoms with E-state index in [0.717, 1.165) is 0 Å². The van der Waals surface area contributed by atoms with Gasteiger partial charge in [0.1, 0.15) is 18.0 Å². The van der Waals surface area contributed by atoms with Gasteiger partial charge >= 0.3 is 0 Å². The third-order valence-electron chi connectivity index (χ3n) is 3.44. The second-order valence-electron chi connectivity index (χ2n) is 5.37. The number of carbonyl (C=O) groups is 2. The number of ether oxygens (including phenoxy) is 1. The highest BCUT2D eigenvalue weighted by Crippen LogP contribution is 2.15. The van der Waals surface area contributed by atoms with E-state index in [4.69, 9.17) is 4.74 Å². The van der Waals surface area contributed by atoms with E-state index in [1.54, 1.807) is 42.5 Å². The van der Waals surface area contributed by atoms with Gasteiger partial charge in [-0.1, -0.05) is 18.2 Å². The van der Waals surface area contributed by atoms with Gasteiger partial charge in [0.25, 0.3) is 0 Å². The fourth-order valence-corrected chi connectivity index (χ4v) is 2.25. The van der Waals surface area contributed by atoms with E-state index in [1.807, 2.05) is 6.92 Å². The predicted octanol–water partition coefficient (Wildman–Crippen LogP) is 2.91. The van der Waals surface area contributed by atoms with Crippen molar-refractivity contribution in [3.05, 3.63) is 59.9 Å². The van der Waals surface area contributed by atoms with E-state index in [9.17, 15) is 14.0 Å². The molecule has 5 nitrogen and oxygen atoms in total. The van der Waals surface area contributed by atoms with E-state index < -0.39 is 11.8 Å². The lowest BCUT2D eigenvalue weighted by atomic mass is 10.1. The molecule has 0 fully saturated rings. The van der Waals surface area contributed by atoms with Crippen LogP contribution in [-0.4, -0.2) is 25.0 Å². The minimum absolute atomic E-state index is 0.274. The molecule has 0 unspecified atom stereocenters. The zero-order valence-electron chi connectivity index (χ0n) is 14.0. The third kappa shape index (κ3) is 6.25. The van der Waals surface area contributed by atoms with Crippen LogP contribution < -0.4 is 15.4 Å². The summed E-state index contributed by atoms with van der Waals surface area (Å²) in [6.07, 6.45) is 0.0867. The first-order valence-electron chi connectivity index (χ1n) is 8.11. The van der Waals surface area contributed by atoms with Crippen LogP contribution in [0.5, 0.6) is 5.75 Å². The van der Waals surface area contributed by atoms with Crippen molar-refractivity contribution in [2.24, 2.45) is 0 Å². The van der Waals surface area contributed by atoms with Gasteiger partial charge in [-0.25, -0.2) is 4.39 Å². The summed E-state index contributed by atoms with van der Waals surface area (Å²) in [6, 6.07) is 13.3. The molecule has 0 saturated carbocycles. The maximum absolute atomic E-state index is 13.5. The molecule has 6 heteroatoms. The van der Waals surface area contributed by atoms with E-state index >= 15 is 0 Å². The lowest BCUT2D eigenvalue weighted by Crippen LogP contribution is -2.29. The number of hydrogen-bond donors (Lipinski definition) is 2. The Bertz CT molecular complexity index is 717. The molecule has 2 aromatic rings. The van der Waals surface area contributed by atoms with Gasteiger partial charge in [0.2, 0.25) is 11.8 Å². The summed E-state index contributed by atoms with van der Waals surface area (Å²) in [6.45, 7) is 2.73. The van der Waals surface area contributed by atoms with Crippen molar-refractivity contribution in [1.82, 2.24) is 5.32 Å². The van der Waals surface area contributed by atoms with Gasteiger partial charge in [-0.3, -0.25) is 9.59 Å². The van der Waals surface area contributed by atoms with Gasteiger partial charge in [0.05, 0.1) is 6.61 Å². The molecule has 0 aliphatic carbocycles. The molecule has 0 saturated heterocycles. The summed E-state index contributed by atoms with van der Waals surface area (Å²) in [5, 5.41) is 5.26. The summed E-state index contributed by atoms with van der Waals surface area (Å²) in [5.41, 5.74) is 1.12. The first-order chi connectivity index (χ1) is 12.1. The molecule has 132 valence electrons. The first-order valence-corrected chi connectivity index (χ1v) is 8.11. The second-order valence-corrected chi connectivity index (χ2v) is 5.37. The molecule has 0 bridgehead atoms. The van der Waals surface area contributed by atoms with E-state index in [-0.39, 0.29) is 18.8 Å². The second kappa shape index (κ2) is 9.42. The van der Waals surface area contributed by atoms with Crippen LogP contribution in [0, 0.1) is 5.82 Å². The number of amides is 2.